The predicted molar refractivity (Wildman–Crippen MR) is 154 cm³/mol. The van der Waals surface area contributed by atoms with E-state index in [9.17, 15) is 19.5 Å². The number of amides is 3. The lowest BCUT2D eigenvalue weighted by Gasteiger charge is -2.39. The normalized spacial score (nSPS) is 29.7. The number of fused-ring (bicyclic) bond motifs is 1. The van der Waals surface area contributed by atoms with Crippen molar-refractivity contribution in [1.82, 2.24) is 9.80 Å². The molecule has 0 saturated carbocycles. The molecule has 39 heavy (non-hydrogen) atoms. The van der Waals surface area contributed by atoms with Gasteiger partial charge in [-0.05, 0) is 38.3 Å². The van der Waals surface area contributed by atoms with Crippen molar-refractivity contribution in [2.24, 2.45) is 11.8 Å². The number of carbonyl (C=O) groups is 3. The molecule has 3 saturated heterocycles. The maximum Gasteiger partial charge on any atom is 0.248 e. The molecule has 2 bridgehead atoms. The SMILES string of the molecule is C=CCN(C(=O)[C@H]1[C@@H]2OC3(CC2Br)C(C(=O)N(CC=C)C(C)CCC)N(CCCO)C(=O)[C@H]13)c1ccccc1. The number of rotatable bonds is 13. The Labute approximate surface area is 239 Å². The van der Waals surface area contributed by atoms with Gasteiger partial charge in [0.25, 0.3) is 0 Å². The molecule has 0 radical (unpaired) electrons. The second kappa shape index (κ2) is 12.4. The smallest absolute Gasteiger partial charge is 0.248 e. The van der Waals surface area contributed by atoms with Gasteiger partial charge in [0, 0.05) is 42.8 Å². The zero-order valence-corrected chi connectivity index (χ0v) is 24.5. The summed E-state index contributed by atoms with van der Waals surface area (Å²) in [6.07, 6.45) is 5.32. The molecule has 1 spiro atoms. The fraction of sp³-hybridized carbons (Fsp3) is 0.567. The highest BCUT2D eigenvalue weighted by atomic mass is 79.9. The zero-order chi connectivity index (χ0) is 28.3. The summed E-state index contributed by atoms with van der Waals surface area (Å²) in [6, 6.07) is 8.39. The Morgan fingerprint density at radius 2 is 1.92 bits per heavy atom. The molecule has 3 aliphatic heterocycles. The van der Waals surface area contributed by atoms with Crippen molar-refractivity contribution < 1.29 is 24.2 Å². The minimum atomic E-state index is -1.13. The Balaban J connectivity index is 1.77. The molecule has 4 rings (SSSR count). The van der Waals surface area contributed by atoms with Gasteiger partial charge in [-0.15, -0.1) is 13.2 Å². The first-order valence-electron chi connectivity index (χ1n) is 13.9. The number of likely N-dealkylation sites (tertiary alicyclic amines) is 1. The molecule has 3 fully saturated rings. The van der Waals surface area contributed by atoms with Crippen molar-refractivity contribution in [2.75, 3.05) is 31.1 Å². The number of para-hydroxylation sites is 1. The van der Waals surface area contributed by atoms with Gasteiger partial charge < -0.3 is 24.5 Å². The summed E-state index contributed by atoms with van der Waals surface area (Å²) in [5.74, 6) is -2.21. The molecule has 0 aromatic heterocycles. The minimum Gasteiger partial charge on any atom is -0.396 e. The quantitative estimate of drug-likeness (QED) is 0.276. The molecule has 0 aliphatic carbocycles. The van der Waals surface area contributed by atoms with Crippen molar-refractivity contribution in [3.8, 4) is 0 Å². The zero-order valence-electron chi connectivity index (χ0n) is 22.9. The minimum absolute atomic E-state index is 0.0530. The fourth-order valence-corrected chi connectivity index (χ4v) is 7.71. The molecule has 3 heterocycles. The van der Waals surface area contributed by atoms with E-state index >= 15 is 0 Å². The summed E-state index contributed by atoms with van der Waals surface area (Å²) in [7, 11) is 0. The van der Waals surface area contributed by atoms with Crippen molar-refractivity contribution >= 4 is 39.3 Å². The second-order valence-corrected chi connectivity index (χ2v) is 11.9. The third-order valence-corrected chi connectivity index (χ3v) is 9.20. The Hall–Kier alpha value is -2.49. The van der Waals surface area contributed by atoms with Gasteiger partial charge >= 0.3 is 0 Å². The third kappa shape index (κ3) is 5.09. The fourth-order valence-electron chi connectivity index (χ4n) is 6.77. The van der Waals surface area contributed by atoms with E-state index < -0.39 is 29.6 Å². The molecule has 7 atom stereocenters. The van der Waals surface area contributed by atoms with Crippen LogP contribution in [0.15, 0.2) is 55.6 Å². The van der Waals surface area contributed by atoms with Crippen molar-refractivity contribution in [1.29, 1.82) is 0 Å². The van der Waals surface area contributed by atoms with Gasteiger partial charge in [0.1, 0.15) is 11.6 Å². The van der Waals surface area contributed by atoms with Crippen LogP contribution >= 0.6 is 15.9 Å². The molecule has 4 unspecified atom stereocenters. The number of hydrogen-bond acceptors (Lipinski definition) is 5. The lowest BCUT2D eigenvalue weighted by atomic mass is 9.70. The summed E-state index contributed by atoms with van der Waals surface area (Å²) in [6.45, 7) is 12.5. The van der Waals surface area contributed by atoms with Crippen LogP contribution in [0.2, 0.25) is 0 Å². The molecular formula is C30H40BrN3O5. The van der Waals surface area contributed by atoms with Gasteiger partial charge in [0.15, 0.2) is 0 Å². The third-order valence-electron chi connectivity index (χ3n) is 8.36. The molecular weight excluding hydrogens is 562 g/mol. The molecule has 8 nitrogen and oxygen atoms in total. The van der Waals surface area contributed by atoms with Crippen LogP contribution < -0.4 is 4.90 Å². The van der Waals surface area contributed by atoms with Crippen LogP contribution in [-0.2, 0) is 19.1 Å². The number of nitrogens with zero attached hydrogens (tertiary/aromatic N) is 3. The van der Waals surface area contributed by atoms with E-state index in [2.05, 4.69) is 36.0 Å². The number of halogens is 1. The molecule has 212 valence electrons. The lowest BCUT2D eigenvalue weighted by molar-refractivity contribution is -0.149. The van der Waals surface area contributed by atoms with Crippen molar-refractivity contribution in [2.45, 2.75) is 68.1 Å². The summed E-state index contributed by atoms with van der Waals surface area (Å²) < 4.78 is 6.66. The number of aliphatic hydroxyl groups excluding tert-OH is 1. The van der Waals surface area contributed by atoms with E-state index in [0.29, 0.717) is 25.1 Å². The van der Waals surface area contributed by atoms with E-state index in [1.165, 1.54) is 0 Å². The molecule has 1 aromatic rings. The van der Waals surface area contributed by atoms with Gasteiger partial charge in [-0.2, -0.15) is 0 Å². The number of alkyl halides is 1. The van der Waals surface area contributed by atoms with Crippen LogP contribution in [0.1, 0.15) is 39.5 Å². The molecule has 3 aliphatic rings. The van der Waals surface area contributed by atoms with E-state index in [1.54, 1.807) is 26.9 Å². The van der Waals surface area contributed by atoms with E-state index in [0.717, 1.165) is 12.8 Å². The highest BCUT2D eigenvalue weighted by Crippen LogP contribution is 2.60. The van der Waals surface area contributed by atoms with Gasteiger partial charge in [0.05, 0.1) is 17.9 Å². The number of hydrogen-bond donors (Lipinski definition) is 1. The summed E-state index contributed by atoms with van der Waals surface area (Å²) in [4.78, 5) is 47.6. The first-order chi connectivity index (χ1) is 18.8. The largest absolute Gasteiger partial charge is 0.396 e. The van der Waals surface area contributed by atoms with Crippen LogP contribution in [0.25, 0.3) is 0 Å². The summed E-state index contributed by atoms with van der Waals surface area (Å²) >= 11 is 3.74. The Kier molecular flexibility index (Phi) is 9.34. The Morgan fingerprint density at radius 3 is 2.54 bits per heavy atom. The Bertz CT molecular complexity index is 1080. The highest BCUT2D eigenvalue weighted by Gasteiger charge is 2.76. The highest BCUT2D eigenvalue weighted by molar-refractivity contribution is 9.09. The van der Waals surface area contributed by atoms with Crippen molar-refractivity contribution in [3.05, 3.63) is 55.6 Å². The average molecular weight is 603 g/mol. The first-order valence-corrected chi connectivity index (χ1v) is 14.8. The Morgan fingerprint density at radius 1 is 1.23 bits per heavy atom. The van der Waals surface area contributed by atoms with E-state index in [1.807, 2.05) is 37.3 Å². The van der Waals surface area contributed by atoms with Gasteiger partial charge in [-0.3, -0.25) is 14.4 Å². The number of aliphatic hydroxyl groups is 1. The van der Waals surface area contributed by atoms with Crippen LogP contribution in [0, 0.1) is 11.8 Å². The van der Waals surface area contributed by atoms with Gasteiger partial charge in [-0.25, -0.2) is 0 Å². The maximum atomic E-state index is 14.4. The average Bonchev–Trinajstić information content (AvgIpc) is 3.52. The van der Waals surface area contributed by atoms with Crippen LogP contribution in [0.4, 0.5) is 5.69 Å². The van der Waals surface area contributed by atoms with Crippen molar-refractivity contribution in [3.63, 3.8) is 0 Å². The van der Waals surface area contributed by atoms with Gasteiger partial charge in [0.2, 0.25) is 17.7 Å². The predicted octanol–water partition coefficient (Wildman–Crippen LogP) is 3.54. The summed E-state index contributed by atoms with van der Waals surface area (Å²) in [5, 5.41) is 9.61. The molecule has 9 heteroatoms. The van der Waals surface area contributed by atoms with E-state index in [4.69, 9.17) is 4.74 Å². The first kappa shape index (κ1) is 29.5. The topological polar surface area (TPSA) is 90.4 Å². The molecule has 3 amide bonds. The standard InChI is InChI=1S/C30H40BrN3O5/c1-5-12-20(4)32(15-6-2)29(38)26-30-19-22(31)25(39-30)23(24(30)28(37)34(26)17-11-18-35)27(36)33(16-7-3)21-13-9-8-10-14-21/h6-10,13-14,20,22-26,35H,2-3,5,11-12,15-19H2,1,4H3/t20?,22?,23-,24+,25-,26?,30?/m1/s1. The van der Waals surface area contributed by atoms with Gasteiger partial charge in [-0.1, -0.05) is 59.6 Å². The number of benzene rings is 1. The van der Waals surface area contributed by atoms with Crippen LogP contribution in [0.3, 0.4) is 0 Å². The maximum absolute atomic E-state index is 14.4. The van der Waals surface area contributed by atoms with Crippen LogP contribution in [-0.4, -0.2) is 87.5 Å². The molecule has 1 N–H and O–H groups in total. The summed E-state index contributed by atoms with van der Waals surface area (Å²) in [5.41, 5.74) is -0.420. The number of anilines is 1. The van der Waals surface area contributed by atoms with Crippen LogP contribution in [0.5, 0.6) is 0 Å². The monoisotopic (exact) mass is 601 g/mol. The number of ether oxygens (including phenoxy) is 1. The lowest BCUT2D eigenvalue weighted by Crippen LogP contribution is -2.58. The van der Waals surface area contributed by atoms with E-state index in [-0.39, 0.29) is 48.3 Å². The number of carbonyl (C=O) groups excluding carboxylic acids is 3. The second-order valence-electron chi connectivity index (χ2n) is 10.8. The molecule has 1 aromatic carbocycles.